The Kier molecular flexibility index (Phi) is 9.20. The Morgan fingerprint density at radius 2 is 1.62 bits per heavy atom. The normalized spacial score (nSPS) is 10.8. The molecule has 0 saturated heterocycles. The lowest BCUT2D eigenvalue weighted by Gasteiger charge is -2.12. The molecule has 0 bridgehead atoms. The quantitative estimate of drug-likeness (QED) is 0.346. The van der Waals surface area contributed by atoms with Gasteiger partial charge < -0.3 is 10.2 Å². The summed E-state index contributed by atoms with van der Waals surface area (Å²) in [7, 11) is 2.26. The molecule has 3 aromatic rings. The maximum atomic E-state index is 13.0. The van der Waals surface area contributed by atoms with Crippen LogP contribution in [0.3, 0.4) is 0 Å². The predicted molar refractivity (Wildman–Crippen MR) is 138 cm³/mol. The molecule has 1 N–H and O–H groups in total. The van der Waals surface area contributed by atoms with Crippen molar-refractivity contribution in [2.75, 3.05) is 37.1 Å². The Hall–Kier alpha value is -2.93. The van der Waals surface area contributed by atoms with Crippen molar-refractivity contribution in [3.8, 4) is 11.3 Å². The molecule has 0 aliphatic heterocycles. The van der Waals surface area contributed by atoms with Gasteiger partial charge in [-0.25, -0.2) is 18.7 Å². The zero-order valence-corrected chi connectivity index (χ0v) is 20.1. The maximum absolute atomic E-state index is 13.0. The highest BCUT2D eigenvalue weighted by molar-refractivity contribution is 8.27. The summed E-state index contributed by atoms with van der Waals surface area (Å²) < 4.78 is 26.1. The largest absolute Gasteiger partial charge is 0.378 e. The Morgan fingerprint density at radius 1 is 1.00 bits per heavy atom. The van der Waals surface area contributed by atoms with Crippen LogP contribution in [0, 0.1) is 11.6 Å². The number of nitrogens with one attached hydrogen (secondary N) is 1. The van der Waals surface area contributed by atoms with E-state index in [1.54, 1.807) is 12.5 Å². The van der Waals surface area contributed by atoms with E-state index in [9.17, 15) is 8.78 Å². The average molecular weight is 459 g/mol. The van der Waals surface area contributed by atoms with Gasteiger partial charge in [-0.15, -0.1) is 0 Å². The third-order valence-corrected chi connectivity index (χ3v) is 5.94. The van der Waals surface area contributed by atoms with Gasteiger partial charge in [0.2, 0.25) is 5.95 Å². The minimum atomic E-state index is -1.81. The van der Waals surface area contributed by atoms with Gasteiger partial charge in [0.1, 0.15) is 11.6 Å². The van der Waals surface area contributed by atoms with E-state index < -0.39 is 20.8 Å². The van der Waals surface area contributed by atoms with E-state index in [1.807, 2.05) is 20.2 Å². The van der Waals surface area contributed by atoms with E-state index in [1.165, 1.54) is 30.3 Å². The number of hydrogen-bond acceptors (Lipinski definition) is 4. The fourth-order valence-electron chi connectivity index (χ4n) is 2.87. The first-order chi connectivity index (χ1) is 15.1. The molecular weight excluding hydrogens is 426 g/mol. The molecule has 0 aliphatic carbocycles. The fourth-order valence-corrected chi connectivity index (χ4v) is 3.94. The first kappa shape index (κ1) is 25.3. The summed E-state index contributed by atoms with van der Waals surface area (Å²) in [5.41, 5.74) is 3.24. The van der Waals surface area contributed by atoms with Crippen LogP contribution in [0.2, 0.25) is 0 Å². The monoisotopic (exact) mass is 458 g/mol. The summed E-state index contributed by atoms with van der Waals surface area (Å²) in [6, 6.07) is 14.1. The Balaban J connectivity index is 0.000000258. The number of rotatable bonds is 7. The first-order valence-electron chi connectivity index (χ1n) is 10.4. The van der Waals surface area contributed by atoms with Gasteiger partial charge in [-0.3, -0.25) is 0 Å². The van der Waals surface area contributed by atoms with Crippen molar-refractivity contribution in [1.82, 2.24) is 9.97 Å². The highest BCUT2D eigenvalue weighted by atomic mass is 32.2. The first-order valence-corrected chi connectivity index (χ1v) is 12.7. The van der Waals surface area contributed by atoms with Crippen LogP contribution in [-0.2, 0) is 0 Å². The summed E-state index contributed by atoms with van der Waals surface area (Å²) in [6.07, 6.45) is 5.74. The molecule has 4 nitrogen and oxygen atoms in total. The molecule has 32 heavy (non-hydrogen) atoms. The van der Waals surface area contributed by atoms with Gasteiger partial charge in [-0.05, 0) is 43.0 Å². The minimum absolute atomic E-state index is 0.0185. The topological polar surface area (TPSA) is 41.1 Å². The van der Waals surface area contributed by atoms with Crippen LogP contribution in [-0.4, -0.2) is 48.6 Å². The highest BCUT2D eigenvalue weighted by Crippen LogP contribution is 2.32. The molecule has 0 unspecified atom stereocenters. The number of halogens is 2. The Bertz CT molecular complexity index is 1090. The van der Waals surface area contributed by atoms with E-state index in [2.05, 4.69) is 63.1 Å². The van der Waals surface area contributed by atoms with Crippen LogP contribution >= 0.6 is 9.21 Å². The van der Waals surface area contributed by atoms with Crippen LogP contribution in [0.1, 0.15) is 19.8 Å². The van der Waals surface area contributed by atoms with Gasteiger partial charge in [0.15, 0.2) is 0 Å². The lowest BCUT2D eigenvalue weighted by molar-refractivity contribution is 0.540. The summed E-state index contributed by atoms with van der Waals surface area (Å²) in [6.45, 7) is 3.09. The van der Waals surface area contributed by atoms with Gasteiger partial charge in [0.05, 0.1) is 10.6 Å². The highest BCUT2D eigenvalue weighted by Gasteiger charge is 2.09. The number of aromatic nitrogens is 2. The van der Waals surface area contributed by atoms with Gasteiger partial charge in [0, 0.05) is 38.1 Å². The summed E-state index contributed by atoms with van der Waals surface area (Å²) in [5, 5.41) is 3.25. The zero-order chi connectivity index (χ0) is 23.7. The van der Waals surface area contributed by atoms with Gasteiger partial charge in [0.25, 0.3) is 0 Å². The molecule has 7 heteroatoms. The number of nitrogens with zero attached hydrogens (tertiary/aromatic N) is 3. The van der Waals surface area contributed by atoms with Crippen LogP contribution in [0.4, 0.5) is 20.4 Å². The van der Waals surface area contributed by atoms with E-state index >= 15 is 0 Å². The van der Waals surface area contributed by atoms with Gasteiger partial charge in [-0.1, -0.05) is 43.3 Å². The third-order valence-electron chi connectivity index (χ3n) is 4.56. The maximum Gasteiger partial charge on any atom is 0.223 e. The second-order valence-corrected chi connectivity index (χ2v) is 10.8. The Labute approximate surface area is 190 Å². The molecule has 0 amide bonds. The van der Waals surface area contributed by atoms with E-state index in [4.69, 9.17) is 0 Å². The molecule has 0 spiro atoms. The molecule has 0 atom stereocenters. The van der Waals surface area contributed by atoms with Crippen LogP contribution in [0.5, 0.6) is 0 Å². The second-order valence-electron chi connectivity index (χ2n) is 7.81. The van der Waals surface area contributed by atoms with Crippen molar-refractivity contribution in [3.63, 3.8) is 0 Å². The number of anilines is 2. The molecule has 172 valence electrons. The molecule has 0 saturated carbocycles. The van der Waals surface area contributed by atoms with Crippen LogP contribution < -0.4 is 10.2 Å². The van der Waals surface area contributed by atoms with Crippen molar-refractivity contribution < 1.29 is 8.78 Å². The van der Waals surface area contributed by atoms with Crippen molar-refractivity contribution in [3.05, 3.63) is 66.4 Å². The van der Waals surface area contributed by atoms with Crippen LogP contribution in [0.25, 0.3) is 11.3 Å². The van der Waals surface area contributed by atoms with Crippen molar-refractivity contribution >= 4 is 32.6 Å². The van der Waals surface area contributed by atoms with Gasteiger partial charge in [-0.2, -0.15) is 9.21 Å². The average Bonchev–Trinajstić information content (AvgIpc) is 2.74. The summed E-state index contributed by atoms with van der Waals surface area (Å²) in [4.78, 5) is 10.9. The van der Waals surface area contributed by atoms with E-state index in [0.29, 0.717) is 5.95 Å². The molecule has 0 radical (unpaired) electrons. The lowest BCUT2D eigenvalue weighted by atomic mass is 10.1. The van der Waals surface area contributed by atoms with Crippen molar-refractivity contribution in [2.45, 2.75) is 24.7 Å². The lowest BCUT2D eigenvalue weighted by Crippen LogP contribution is -2.08. The van der Waals surface area contributed by atoms with Crippen LogP contribution in [0.15, 0.2) is 59.6 Å². The summed E-state index contributed by atoms with van der Waals surface area (Å²) in [5.74, 6) is 6.89. The van der Waals surface area contributed by atoms with Crippen molar-refractivity contribution in [2.24, 2.45) is 0 Å². The predicted octanol–water partition coefficient (Wildman–Crippen LogP) is 6.04. The van der Waals surface area contributed by atoms with Gasteiger partial charge >= 0.3 is 0 Å². The fraction of sp³-hybridized carbons (Fsp3) is 0.280. The molecular formula is C25H32F2N4S. The second kappa shape index (κ2) is 11.6. The number of unbranched alkanes of at least 4 members (excludes halogenated alkanes) is 1. The van der Waals surface area contributed by atoms with E-state index in [-0.39, 0.29) is 4.90 Å². The molecule has 0 aliphatic rings. The SMILES string of the molecule is C=S(=C)(C)c1c(F)cccc1F.CCCCNc1nccc(-c2ccc(N(C)C)cc2)n1. The zero-order valence-electron chi connectivity index (χ0n) is 19.2. The summed E-state index contributed by atoms with van der Waals surface area (Å²) >= 11 is 0. The standard InChI is InChI=1S/C16H22N4.C9H10F2S/c1-4-5-11-17-16-18-12-10-15(19-16)13-6-8-14(9-7-13)20(2)3;1-12(2,3)9-7(10)5-4-6-8(9)11/h6-10,12H,4-5,11H2,1-3H3,(H,17,18,19);4-6H,1-2H2,3H3. The molecule has 1 aromatic heterocycles. The number of hydrogen-bond donors (Lipinski definition) is 1. The van der Waals surface area contributed by atoms with E-state index in [0.717, 1.165) is 24.2 Å². The molecule has 3 rings (SSSR count). The molecule has 0 fully saturated rings. The smallest absolute Gasteiger partial charge is 0.223 e. The molecule has 2 aromatic carbocycles. The molecule has 1 heterocycles. The third kappa shape index (κ3) is 7.34. The Morgan fingerprint density at radius 3 is 2.12 bits per heavy atom. The van der Waals surface area contributed by atoms with Crippen molar-refractivity contribution in [1.29, 1.82) is 0 Å². The minimum Gasteiger partial charge on any atom is -0.378 e. The number of benzene rings is 2.